The van der Waals surface area contributed by atoms with Crippen LogP contribution in [-0.2, 0) is 16.1 Å². The maximum absolute atomic E-state index is 11.1. The lowest BCUT2D eigenvalue weighted by atomic mass is 10.1. The number of carbonyl (C=O) groups excluding carboxylic acids is 1. The molecule has 4 N–H and O–H groups in total. The van der Waals surface area contributed by atoms with Crippen molar-refractivity contribution < 1.29 is 14.6 Å². The largest absolute Gasteiger partial charge is 0.389 e. The van der Waals surface area contributed by atoms with E-state index in [0.29, 0.717) is 6.61 Å². The van der Waals surface area contributed by atoms with E-state index in [1.165, 1.54) is 0 Å². The third-order valence-electron chi connectivity index (χ3n) is 2.82. The Balaban J connectivity index is 2.22. The molecule has 1 atom stereocenters. The molecule has 0 radical (unpaired) electrons. The molecule has 0 bridgehead atoms. The minimum atomic E-state index is -0.833. The zero-order chi connectivity index (χ0) is 14.3. The summed E-state index contributed by atoms with van der Waals surface area (Å²) in [6.45, 7) is 4.26. The first-order valence-corrected chi connectivity index (χ1v) is 6.26. The van der Waals surface area contributed by atoms with Crippen LogP contribution < -0.4 is 11.1 Å². The van der Waals surface area contributed by atoms with Crippen molar-refractivity contribution in [2.45, 2.75) is 32.1 Å². The first-order valence-electron chi connectivity index (χ1n) is 6.26. The van der Waals surface area contributed by atoms with Gasteiger partial charge in [0.25, 0.3) is 0 Å². The van der Waals surface area contributed by atoms with Gasteiger partial charge in [-0.1, -0.05) is 30.3 Å². The van der Waals surface area contributed by atoms with Crippen LogP contribution in [0, 0.1) is 0 Å². The van der Waals surface area contributed by atoms with Gasteiger partial charge in [-0.2, -0.15) is 0 Å². The quantitative estimate of drug-likeness (QED) is 0.636. The summed E-state index contributed by atoms with van der Waals surface area (Å²) >= 11 is 0. The van der Waals surface area contributed by atoms with Crippen molar-refractivity contribution in [2.75, 3.05) is 13.2 Å². The summed E-state index contributed by atoms with van der Waals surface area (Å²) in [5.74, 6) is -0.454. The van der Waals surface area contributed by atoms with Gasteiger partial charge < -0.3 is 20.9 Å². The second-order valence-corrected chi connectivity index (χ2v) is 5.02. The molecule has 0 saturated carbocycles. The number of benzene rings is 1. The number of β-amino-alcohol motifs (C(OH)–C–C–N with tert-alkyl or cyclic N) is 1. The minimum Gasteiger partial charge on any atom is -0.389 e. The number of hydrogen-bond donors (Lipinski definition) is 3. The number of nitrogens with two attached hydrogens (primary N) is 1. The van der Waals surface area contributed by atoms with Crippen LogP contribution >= 0.6 is 0 Å². The van der Waals surface area contributed by atoms with E-state index in [1.54, 1.807) is 13.8 Å². The smallest absolute Gasteiger partial charge is 0.237 e. The van der Waals surface area contributed by atoms with Crippen molar-refractivity contribution in [1.82, 2.24) is 5.32 Å². The van der Waals surface area contributed by atoms with Crippen molar-refractivity contribution in [1.29, 1.82) is 0 Å². The number of primary amides is 1. The second-order valence-electron chi connectivity index (χ2n) is 5.02. The predicted octanol–water partition coefficient (Wildman–Crippen LogP) is 0.418. The number of aliphatic hydroxyl groups is 1. The molecule has 1 rings (SSSR count). The normalized spacial score (nSPS) is 13.2. The van der Waals surface area contributed by atoms with Gasteiger partial charge in [0.15, 0.2) is 0 Å². The maximum Gasteiger partial charge on any atom is 0.237 e. The van der Waals surface area contributed by atoms with Crippen LogP contribution in [0.4, 0.5) is 0 Å². The van der Waals surface area contributed by atoms with E-state index in [9.17, 15) is 9.90 Å². The van der Waals surface area contributed by atoms with E-state index in [-0.39, 0.29) is 13.2 Å². The number of amides is 1. The van der Waals surface area contributed by atoms with E-state index in [4.69, 9.17) is 10.5 Å². The number of ether oxygens (including phenoxy) is 1. The van der Waals surface area contributed by atoms with E-state index >= 15 is 0 Å². The lowest BCUT2D eigenvalue weighted by Crippen LogP contribution is -2.53. The lowest BCUT2D eigenvalue weighted by Gasteiger charge is -2.24. The van der Waals surface area contributed by atoms with Gasteiger partial charge in [-0.25, -0.2) is 0 Å². The van der Waals surface area contributed by atoms with Gasteiger partial charge in [0, 0.05) is 6.54 Å². The third kappa shape index (κ3) is 5.83. The first kappa shape index (κ1) is 15.6. The highest BCUT2D eigenvalue weighted by molar-refractivity contribution is 5.83. The highest BCUT2D eigenvalue weighted by Gasteiger charge is 2.24. The van der Waals surface area contributed by atoms with Crippen LogP contribution in [0.1, 0.15) is 19.4 Å². The number of rotatable bonds is 8. The fourth-order valence-corrected chi connectivity index (χ4v) is 1.41. The summed E-state index contributed by atoms with van der Waals surface area (Å²) in [6.07, 6.45) is -0.678. The molecule has 106 valence electrons. The fraction of sp³-hybridized carbons (Fsp3) is 0.500. The highest BCUT2D eigenvalue weighted by Crippen LogP contribution is 2.02. The molecule has 0 saturated heterocycles. The molecule has 19 heavy (non-hydrogen) atoms. The lowest BCUT2D eigenvalue weighted by molar-refractivity contribution is -0.123. The molecule has 0 aromatic heterocycles. The Morgan fingerprint density at radius 1 is 1.42 bits per heavy atom. The Hall–Kier alpha value is -1.43. The molecule has 0 aliphatic carbocycles. The topological polar surface area (TPSA) is 84.6 Å². The Morgan fingerprint density at radius 2 is 2.05 bits per heavy atom. The Morgan fingerprint density at radius 3 is 2.63 bits per heavy atom. The molecule has 0 spiro atoms. The number of hydrogen-bond acceptors (Lipinski definition) is 4. The molecular formula is C14H22N2O3. The van der Waals surface area contributed by atoms with Crippen molar-refractivity contribution in [3.63, 3.8) is 0 Å². The molecule has 5 heteroatoms. The summed E-state index contributed by atoms with van der Waals surface area (Å²) in [4.78, 5) is 11.1. The summed E-state index contributed by atoms with van der Waals surface area (Å²) in [5, 5.41) is 12.6. The van der Waals surface area contributed by atoms with Gasteiger partial charge >= 0.3 is 0 Å². The highest BCUT2D eigenvalue weighted by atomic mass is 16.5. The second kappa shape index (κ2) is 7.23. The van der Waals surface area contributed by atoms with Gasteiger partial charge in [0.2, 0.25) is 5.91 Å². The number of aliphatic hydroxyl groups excluding tert-OH is 1. The maximum atomic E-state index is 11.1. The van der Waals surface area contributed by atoms with E-state index in [2.05, 4.69) is 5.32 Å². The fourth-order valence-electron chi connectivity index (χ4n) is 1.41. The van der Waals surface area contributed by atoms with Crippen molar-refractivity contribution in [2.24, 2.45) is 5.73 Å². The van der Waals surface area contributed by atoms with E-state index < -0.39 is 17.6 Å². The van der Waals surface area contributed by atoms with Gasteiger partial charge in [-0.15, -0.1) is 0 Å². The molecule has 0 aliphatic rings. The molecule has 0 heterocycles. The molecule has 1 aromatic rings. The van der Waals surface area contributed by atoms with Gasteiger partial charge in [0.1, 0.15) is 0 Å². The minimum absolute atomic E-state index is 0.205. The molecule has 1 unspecified atom stereocenters. The van der Waals surface area contributed by atoms with Crippen LogP contribution in [0.3, 0.4) is 0 Å². The third-order valence-corrected chi connectivity index (χ3v) is 2.82. The average Bonchev–Trinajstić information content (AvgIpc) is 2.37. The van der Waals surface area contributed by atoms with Crippen LogP contribution in [0.5, 0.6) is 0 Å². The Labute approximate surface area is 113 Å². The van der Waals surface area contributed by atoms with Crippen LogP contribution in [0.25, 0.3) is 0 Å². The number of carbonyl (C=O) groups is 1. The number of nitrogens with one attached hydrogen (secondary N) is 1. The van der Waals surface area contributed by atoms with Crippen LogP contribution in [0.15, 0.2) is 30.3 Å². The molecule has 1 aromatic carbocycles. The SMILES string of the molecule is CC(C)(NCC(O)COCc1ccccc1)C(N)=O. The van der Waals surface area contributed by atoms with Gasteiger partial charge in [0.05, 0.1) is 24.9 Å². The summed E-state index contributed by atoms with van der Waals surface area (Å²) in [7, 11) is 0. The zero-order valence-corrected chi connectivity index (χ0v) is 11.4. The van der Waals surface area contributed by atoms with E-state index in [1.807, 2.05) is 30.3 Å². The molecule has 0 fully saturated rings. The van der Waals surface area contributed by atoms with Crippen molar-refractivity contribution >= 4 is 5.91 Å². The standard InChI is InChI=1S/C14H22N2O3/c1-14(2,13(15)18)16-8-12(17)10-19-9-11-6-4-3-5-7-11/h3-7,12,16-17H,8-10H2,1-2H3,(H2,15,18). The molecular weight excluding hydrogens is 244 g/mol. The predicted molar refractivity (Wildman–Crippen MR) is 73.4 cm³/mol. The zero-order valence-electron chi connectivity index (χ0n) is 11.4. The summed E-state index contributed by atoms with van der Waals surface area (Å²) in [5.41, 5.74) is 5.44. The van der Waals surface area contributed by atoms with E-state index in [0.717, 1.165) is 5.56 Å². The molecule has 0 aliphatic heterocycles. The Bertz CT molecular complexity index is 393. The van der Waals surface area contributed by atoms with Crippen molar-refractivity contribution in [3.8, 4) is 0 Å². The van der Waals surface area contributed by atoms with Gasteiger partial charge in [-0.05, 0) is 19.4 Å². The molecule has 1 amide bonds. The summed E-state index contributed by atoms with van der Waals surface area (Å²) < 4.78 is 5.40. The van der Waals surface area contributed by atoms with Crippen LogP contribution in [0.2, 0.25) is 0 Å². The van der Waals surface area contributed by atoms with Crippen molar-refractivity contribution in [3.05, 3.63) is 35.9 Å². The van der Waals surface area contributed by atoms with Crippen LogP contribution in [-0.4, -0.2) is 35.8 Å². The molecule has 5 nitrogen and oxygen atoms in total. The Kier molecular flexibility index (Phi) is 5.95. The summed E-state index contributed by atoms with van der Waals surface area (Å²) in [6, 6.07) is 9.73. The first-order chi connectivity index (χ1) is 8.92. The average molecular weight is 266 g/mol. The monoisotopic (exact) mass is 266 g/mol. The van der Waals surface area contributed by atoms with Gasteiger partial charge in [-0.3, -0.25) is 4.79 Å².